The van der Waals surface area contributed by atoms with Crippen molar-refractivity contribution in [3.63, 3.8) is 0 Å². The fourth-order valence-electron chi connectivity index (χ4n) is 3.69. The second-order valence-electron chi connectivity index (χ2n) is 5.67. The summed E-state index contributed by atoms with van der Waals surface area (Å²) in [6.45, 7) is 6.16. The third kappa shape index (κ3) is 2.30. The molecule has 0 N–H and O–H groups in total. The monoisotopic (exact) mass is 303 g/mol. The van der Waals surface area contributed by atoms with Crippen LogP contribution in [-0.2, 0) is 9.53 Å². The highest BCUT2D eigenvalue weighted by Gasteiger charge is 2.58. The predicted molar refractivity (Wildman–Crippen MR) is 87.5 cm³/mol. The molecule has 2 aliphatic heterocycles. The molecule has 21 heavy (non-hydrogen) atoms. The van der Waals surface area contributed by atoms with Crippen molar-refractivity contribution >= 4 is 23.4 Å². The van der Waals surface area contributed by atoms with E-state index in [4.69, 9.17) is 4.74 Å². The minimum atomic E-state index is -0.0961. The van der Waals surface area contributed by atoms with Gasteiger partial charge in [-0.2, -0.15) is 0 Å². The highest BCUT2D eigenvalue weighted by atomic mass is 32.2. The Morgan fingerprint density at radius 3 is 3.24 bits per heavy atom. The summed E-state index contributed by atoms with van der Waals surface area (Å²) in [5.74, 6) is 0.0179. The van der Waals surface area contributed by atoms with E-state index in [0.29, 0.717) is 6.61 Å². The quantitative estimate of drug-likeness (QED) is 0.589. The molecule has 4 atom stereocenters. The molecule has 0 aromatic heterocycles. The fourth-order valence-corrected chi connectivity index (χ4v) is 5.74. The number of hydrogen-bond acceptors (Lipinski definition) is 4. The van der Waals surface area contributed by atoms with E-state index in [0.717, 1.165) is 19.3 Å². The number of ether oxygens (including phenoxy) is 1. The molecular weight excluding hydrogens is 282 g/mol. The van der Waals surface area contributed by atoms with Gasteiger partial charge in [0, 0.05) is 29.5 Å². The van der Waals surface area contributed by atoms with Gasteiger partial charge >= 0.3 is 5.97 Å². The number of nitrogens with zero attached hydrogens (tertiary/aromatic N) is 1. The molecule has 0 saturated carbocycles. The lowest BCUT2D eigenvalue weighted by atomic mass is 9.72. The molecule has 1 aliphatic carbocycles. The largest absolute Gasteiger partial charge is 0.466 e. The SMILES string of the molecule is C=CCC1SC23CC=CCC2=NC=CC3C1C(=O)OCC. The second-order valence-corrected chi connectivity index (χ2v) is 7.24. The summed E-state index contributed by atoms with van der Waals surface area (Å²) in [6, 6.07) is 0. The predicted octanol–water partition coefficient (Wildman–Crippen LogP) is 3.53. The molecule has 1 saturated heterocycles. The van der Waals surface area contributed by atoms with Gasteiger partial charge < -0.3 is 4.74 Å². The van der Waals surface area contributed by atoms with Crippen molar-refractivity contribution in [1.82, 2.24) is 0 Å². The summed E-state index contributed by atoms with van der Waals surface area (Å²) in [5, 5.41) is 0.228. The molecule has 112 valence electrons. The Bertz CT molecular complexity index is 537. The Morgan fingerprint density at radius 1 is 1.62 bits per heavy atom. The van der Waals surface area contributed by atoms with Gasteiger partial charge in [-0.25, -0.2) is 0 Å². The third-order valence-electron chi connectivity index (χ3n) is 4.56. The molecule has 2 heterocycles. The van der Waals surface area contributed by atoms with E-state index in [1.165, 1.54) is 5.71 Å². The van der Waals surface area contributed by atoms with Crippen molar-refractivity contribution in [3.8, 4) is 0 Å². The molecule has 4 heteroatoms. The van der Waals surface area contributed by atoms with Crippen molar-refractivity contribution in [2.75, 3.05) is 6.61 Å². The lowest BCUT2D eigenvalue weighted by Gasteiger charge is -2.38. The van der Waals surface area contributed by atoms with Crippen LogP contribution in [0.5, 0.6) is 0 Å². The number of thioether (sulfide) groups is 1. The maximum atomic E-state index is 12.5. The molecule has 1 fully saturated rings. The average molecular weight is 303 g/mol. The minimum absolute atomic E-state index is 0.0470. The van der Waals surface area contributed by atoms with Crippen LogP contribution in [0.25, 0.3) is 0 Å². The Balaban J connectivity index is 1.98. The van der Waals surface area contributed by atoms with Crippen LogP contribution < -0.4 is 0 Å². The summed E-state index contributed by atoms with van der Waals surface area (Å²) in [7, 11) is 0. The van der Waals surface area contributed by atoms with Gasteiger partial charge in [0.05, 0.1) is 17.3 Å². The van der Waals surface area contributed by atoms with Crippen molar-refractivity contribution in [2.24, 2.45) is 16.8 Å². The van der Waals surface area contributed by atoms with Crippen molar-refractivity contribution in [3.05, 3.63) is 37.1 Å². The van der Waals surface area contributed by atoms with Gasteiger partial charge in [0.2, 0.25) is 0 Å². The van der Waals surface area contributed by atoms with Crippen LogP contribution in [0.1, 0.15) is 26.2 Å². The standard InChI is InChI=1S/C17H21NO2S/c1-3-7-13-15(16(19)20-4-2)12-9-11-18-14-8-5-6-10-17(12,14)21-13/h3,5-6,9,11-13,15H,1,4,7-8,10H2,2H3. The highest BCUT2D eigenvalue weighted by molar-refractivity contribution is 8.02. The summed E-state index contributed by atoms with van der Waals surface area (Å²) in [4.78, 5) is 17.1. The number of carbonyl (C=O) groups is 1. The van der Waals surface area contributed by atoms with Gasteiger partial charge in [0.15, 0.2) is 0 Å². The van der Waals surface area contributed by atoms with Crippen LogP contribution in [-0.4, -0.2) is 28.3 Å². The molecule has 4 unspecified atom stereocenters. The normalized spacial score (nSPS) is 36.6. The molecule has 0 amide bonds. The van der Waals surface area contributed by atoms with E-state index < -0.39 is 0 Å². The molecule has 3 rings (SSSR count). The van der Waals surface area contributed by atoms with Gasteiger partial charge in [0.25, 0.3) is 0 Å². The summed E-state index contributed by atoms with van der Waals surface area (Å²) >= 11 is 1.91. The van der Waals surface area contributed by atoms with Crippen molar-refractivity contribution in [2.45, 2.75) is 36.2 Å². The van der Waals surface area contributed by atoms with Gasteiger partial charge in [0.1, 0.15) is 0 Å². The van der Waals surface area contributed by atoms with Crippen molar-refractivity contribution < 1.29 is 9.53 Å². The zero-order valence-electron chi connectivity index (χ0n) is 12.3. The molecule has 3 aliphatic rings. The zero-order valence-corrected chi connectivity index (χ0v) is 13.1. The highest BCUT2D eigenvalue weighted by Crippen LogP contribution is 2.58. The molecule has 1 spiro atoms. The van der Waals surface area contributed by atoms with Crippen LogP contribution >= 0.6 is 11.8 Å². The Morgan fingerprint density at radius 2 is 2.48 bits per heavy atom. The number of allylic oxidation sites excluding steroid dienone is 4. The number of carbonyl (C=O) groups excluding carboxylic acids is 1. The minimum Gasteiger partial charge on any atom is -0.466 e. The first-order chi connectivity index (χ1) is 10.2. The molecule has 0 radical (unpaired) electrons. The second kappa shape index (κ2) is 5.84. The lowest BCUT2D eigenvalue weighted by molar-refractivity contribution is -0.149. The van der Waals surface area contributed by atoms with E-state index >= 15 is 0 Å². The first-order valence-corrected chi connectivity index (χ1v) is 8.45. The maximum Gasteiger partial charge on any atom is 0.310 e. The van der Waals surface area contributed by atoms with Crippen LogP contribution in [0, 0.1) is 11.8 Å². The number of rotatable bonds is 4. The molecule has 0 bridgehead atoms. The molecule has 3 nitrogen and oxygen atoms in total. The zero-order chi connectivity index (χ0) is 14.9. The Labute approximate surface area is 130 Å². The van der Waals surface area contributed by atoms with E-state index in [-0.39, 0.29) is 27.8 Å². The lowest BCUT2D eigenvalue weighted by Crippen LogP contribution is -2.44. The average Bonchev–Trinajstić information content (AvgIpc) is 2.80. The third-order valence-corrected chi connectivity index (χ3v) is 6.44. The Hall–Kier alpha value is -1.29. The molecule has 0 aromatic carbocycles. The van der Waals surface area contributed by atoms with E-state index in [1.54, 1.807) is 0 Å². The molecule has 0 aromatic rings. The van der Waals surface area contributed by atoms with E-state index in [1.807, 2.05) is 31.0 Å². The first kappa shape index (κ1) is 14.6. The molecular formula is C17H21NO2S. The first-order valence-electron chi connectivity index (χ1n) is 7.57. The number of aliphatic imine (C=N–C) groups is 1. The Kier molecular flexibility index (Phi) is 4.07. The van der Waals surface area contributed by atoms with Crippen LogP contribution in [0.4, 0.5) is 0 Å². The topological polar surface area (TPSA) is 38.7 Å². The van der Waals surface area contributed by atoms with Gasteiger partial charge in [-0.3, -0.25) is 9.79 Å². The van der Waals surface area contributed by atoms with Crippen LogP contribution in [0.15, 0.2) is 42.1 Å². The van der Waals surface area contributed by atoms with Crippen molar-refractivity contribution in [1.29, 1.82) is 0 Å². The van der Waals surface area contributed by atoms with E-state index in [2.05, 4.69) is 29.8 Å². The van der Waals surface area contributed by atoms with Gasteiger partial charge in [-0.1, -0.05) is 24.3 Å². The summed E-state index contributed by atoms with van der Waals surface area (Å²) < 4.78 is 5.30. The fraction of sp³-hybridized carbons (Fsp3) is 0.529. The number of hydrogen-bond donors (Lipinski definition) is 0. The van der Waals surface area contributed by atoms with Gasteiger partial charge in [-0.15, -0.1) is 18.3 Å². The smallest absolute Gasteiger partial charge is 0.310 e. The number of esters is 1. The van der Waals surface area contributed by atoms with E-state index in [9.17, 15) is 4.79 Å². The summed E-state index contributed by atoms with van der Waals surface area (Å²) in [6.07, 6.45) is 13.0. The summed E-state index contributed by atoms with van der Waals surface area (Å²) in [5.41, 5.74) is 1.21. The van der Waals surface area contributed by atoms with Crippen LogP contribution in [0.2, 0.25) is 0 Å². The maximum absolute atomic E-state index is 12.5. The van der Waals surface area contributed by atoms with Gasteiger partial charge in [-0.05, 0) is 19.8 Å². The van der Waals surface area contributed by atoms with Crippen LogP contribution in [0.3, 0.4) is 0 Å².